The third-order valence-electron chi connectivity index (χ3n) is 2.36. The molecule has 1 atom stereocenters. The Morgan fingerprint density at radius 2 is 2.45 bits per heavy atom. The van der Waals surface area contributed by atoms with Gasteiger partial charge in [0.15, 0.2) is 0 Å². The van der Waals surface area contributed by atoms with Crippen molar-refractivity contribution in [3.05, 3.63) is 0 Å². The van der Waals surface area contributed by atoms with Crippen LogP contribution in [-0.4, -0.2) is 44.2 Å². The fourth-order valence-corrected chi connectivity index (χ4v) is 1.68. The first-order valence-corrected chi connectivity index (χ1v) is 4.46. The molecule has 66 valence electrons. The first kappa shape index (κ1) is 8.97. The van der Waals surface area contributed by atoms with Crippen molar-refractivity contribution in [2.24, 2.45) is 5.73 Å². The maximum Gasteiger partial charge on any atom is 0.0192 e. The van der Waals surface area contributed by atoms with Crippen LogP contribution in [-0.2, 0) is 0 Å². The van der Waals surface area contributed by atoms with Gasteiger partial charge in [-0.2, -0.15) is 0 Å². The number of nitrogens with zero attached hydrogens (tertiary/aromatic N) is 1. The second kappa shape index (κ2) is 4.70. The zero-order valence-corrected chi connectivity index (χ0v) is 7.34. The van der Waals surface area contributed by atoms with Gasteiger partial charge in [0.2, 0.25) is 0 Å². The average molecular weight is 157 g/mol. The van der Waals surface area contributed by atoms with Crippen molar-refractivity contribution in [2.75, 3.05) is 33.2 Å². The minimum absolute atomic E-state index is 0.690. The van der Waals surface area contributed by atoms with Crippen LogP contribution in [0.25, 0.3) is 0 Å². The lowest BCUT2D eigenvalue weighted by molar-refractivity contribution is 0.200. The molecule has 0 amide bonds. The summed E-state index contributed by atoms with van der Waals surface area (Å²) in [4.78, 5) is 2.44. The zero-order chi connectivity index (χ0) is 8.10. The lowest BCUT2D eigenvalue weighted by Crippen LogP contribution is -2.45. The predicted octanol–water partition coefficient (Wildman–Crippen LogP) is -0.371. The molecule has 0 aromatic carbocycles. The van der Waals surface area contributed by atoms with E-state index in [1.165, 1.54) is 25.9 Å². The molecule has 1 unspecified atom stereocenters. The first-order chi connectivity index (χ1) is 5.36. The third-order valence-corrected chi connectivity index (χ3v) is 2.36. The van der Waals surface area contributed by atoms with Gasteiger partial charge in [0, 0.05) is 25.7 Å². The molecule has 3 heteroatoms. The van der Waals surface area contributed by atoms with Crippen LogP contribution in [0.2, 0.25) is 0 Å². The number of likely N-dealkylation sites (tertiary alicyclic amines) is 1. The van der Waals surface area contributed by atoms with Crippen LogP contribution < -0.4 is 11.1 Å². The standard InChI is InChI=1S/C8H19N3/c1-10-8-3-2-5-11(7-8)6-4-9/h8,10H,2-7,9H2,1H3. The smallest absolute Gasteiger partial charge is 0.0192 e. The second-order valence-electron chi connectivity index (χ2n) is 3.22. The molecule has 1 aliphatic rings. The van der Waals surface area contributed by atoms with E-state index in [0.29, 0.717) is 6.04 Å². The third kappa shape index (κ3) is 2.77. The number of hydrogen-bond acceptors (Lipinski definition) is 3. The van der Waals surface area contributed by atoms with Crippen LogP contribution in [0.5, 0.6) is 0 Å². The molecule has 1 saturated heterocycles. The summed E-state index contributed by atoms with van der Waals surface area (Å²) in [6.45, 7) is 4.25. The molecule has 1 fully saturated rings. The monoisotopic (exact) mass is 157 g/mol. The summed E-state index contributed by atoms with van der Waals surface area (Å²) in [7, 11) is 2.04. The fraction of sp³-hybridized carbons (Fsp3) is 1.00. The highest BCUT2D eigenvalue weighted by Gasteiger charge is 2.16. The number of likely N-dealkylation sites (N-methyl/N-ethyl adjacent to an activating group) is 1. The lowest BCUT2D eigenvalue weighted by Gasteiger charge is -2.32. The normalized spacial score (nSPS) is 27.3. The molecule has 3 N–H and O–H groups in total. The Balaban J connectivity index is 2.21. The highest BCUT2D eigenvalue weighted by molar-refractivity contribution is 4.76. The summed E-state index contributed by atoms with van der Waals surface area (Å²) in [6.07, 6.45) is 2.63. The number of nitrogens with one attached hydrogen (secondary N) is 1. The molecular weight excluding hydrogens is 138 g/mol. The Morgan fingerprint density at radius 3 is 3.09 bits per heavy atom. The number of nitrogens with two attached hydrogens (primary N) is 1. The SMILES string of the molecule is CNC1CCCN(CCN)C1. The molecule has 0 aromatic rings. The predicted molar refractivity (Wildman–Crippen MR) is 47.6 cm³/mol. The number of piperidine rings is 1. The summed E-state index contributed by atoms with van der Waals surface area (Å²) in [5, 5.41) is 3.31. The van der Waals surface area contributed by atoms with E-state index < -0.39 is 0 Å². The van der Waals surface area contributed by atoms with E-state index in [1.54, 1.807) is 0 Å². The van der Waals surface area contributed by atoms with Gasteiger partial charge in [0.25, 0.3) is 0 Å². The van der Waals surface area contributed by atoms with Gasteiger partial charge < -0.3 is 16.0 Å². The van der Waals surface area contributed by atoms with Crippen molar-refractivity contribution in [3.63, 3.8) is 0 Å². The van der Waals surface area contributed by atoms with Gasteiger partial charge in [0.05, 0.1) is 0 Å². The molecule has 0 bridgehead atoms. The Labute approximate surface area is 68.9 Å². The van der Waals surface area contributed by atoms with Gasteiger partial charge in [0.1, 0.15) is 0 Å². The van der Waals surface area contributed by atoms with E-state index >= 15 is 0 Å². The van der Waals surface area contributed by atoms with E-state index in [2.05, 4.69) is 10.2 Å². The average Bonchev–Trinajstić information content (AvgIpc) is 2.06. The van der Waals surface area contributed by atoms with Crippen molar-refractivity contribution >= 4 is 0 Å². The maximum absolute atomic E-state index is 5.48. The summed E-state index contributed by atoms with van der Waals surface area (Å²) in [5.41, 5.74) is 5.48. The molecule has 0 spiro atoms. The Kier molecular flexibility index (Phi) is 3.83. The van der Waals surface area contributed by atoms with E-state index in [1.807, 2.05) is 7.05 Å². The molecule has 0 aliphatic carbocycles. The first-order valence-electron chi connectivity index (χ1n) is 4.46. The molecule has 3 nitrogen and oxygen atoms in total. The van der Waals surface area contributed by atoms with Gasteiger partial charge in [-0.05, 0) is 26.4 Å². The van der Waals surface area contributed by atoms with Gasteiger partial charge in [-0.15, -0.1) is 0 Å². The minimum Gasteiger partial charge on any atom is -0.329 e. The number of hydrogen-bond donors (Lipinski definition) is 2. The Hall–Kier alpha value is -0.120. The quantitative estimate of drug-likeness (QED) is 0.587. The van der Waals surface area contributed by atoms with Gasteiger partial charge in [-0.3, -0.25) is 0 Å². The van der Waals surface area contributed by atoms with Crippen LogP contribution in [0.15, 0.2) is 0 Å². The van der Waals surface area contributed by atoms with E-state index in [9.17, 15) is 0 Å². The Morgan fingerprint density at radius 1 is 1.64 bits per heavy atom. The minimum atomic E-state index is 0.690. The van der Waals surface area contributed by atoms with Crippen molar-refractivity contribution < 1.29 is 0 Å². The summed E-state index contributed by atoms with van der Waals surface area (Å²) in [5.74, 6) is 0. The number of rotatable bonds is 3. The summed E-state index contributed by atoms with van der Waals surface area (Å²) < 4.78 is 0. The largest absolute Gasteiger partial charge is 0.329 e. The van der Waals surface area contributed by atoms with Crippen LogP contribution in [0, 0.1) is 0 Å². The van der Waals surface area contributed by atoms with E-state index in [0.717, 1.165) is 13.1 Å². The van der Waals surface area contributed by atoms with Gasteiger partial charge in [-0.1, -0.05) is 0 Å². The highest BCUT2D eigenvalue weighted by Crippen LogP contribution is 2.08. The van der Waals surface area contributed by atoms with Crippen LogP contribution in [0.4, 0.5) is 0 Å². The zero-order valence-electron chi connectivity index (χ0n) is 7.34. The summed E-state index contributed by atoms with van der Waals surface area (Å²) >= 11 is 0. The van der Waals surface area contributed by atoms with E-state index in [4.69, 9.17) is 5.73 Å². The van der Waals surface area contributed by atoms with Gasteiger partial charge >= 0.3 is 0 Å². The van der Waals surface area contributed by atoms with Gasteiger partial charge in [-0.25, -0.2) is 0 Å². The van der Waals surface area contributed by atoms with Crippen LogP contribution >= 0.6 is 0 Å². The maximum atomic E-state index is 5.48. The van der Waals surface area contributed by atoms with Crippen molar-refractivity contribution in [1.29, 1.82) is 0 Å². The van der Waals surface area contributed by atoms with Crippen molar-refractivity contribution in [1.82, 2.24) is 10.2 Å². The van der Waals surface area contributed by atoms with Crippen LogP contribution in [0.1, 0.15) is 12.8 Å². The van der Waals surface area contributed by atoms with Crippen LogP contribution in [0.3, 0.4) is 0 Å². The molecule has 11 heavy (non-hydrogen) atoms. The molecule has 1 rings (SSSR count). The van der Waals surface area contributed by atoms with Crippen molar-refractivity contribution in [2.45, 2.75) is 18.9 Å². The fourth-order valence-electron chi connectivity index (χ4n) is 1.68. The molecule has 0 saturated carbocycles. The molecule has 0 radical (unpaired) electrons. The highest BCUT2D eigenvalue weighted by atomic mass is 15.2. The van der Waals surface area contributed by atoms with E-state index in [-0.39, 0.29) is 0 Å². The molecule has 1 heterocycles. The molecule has 1 aliphatic heterocycles. The second-order valence-corrected chi connectivity index (χ2v) is 3.22. The summed E-state index contributed by atoms with van der Waals surface area (Å²) in [6, 6.07) is 0.690. The lowest BCUT2D eigenvalue weighted by atomic mass is 10.1. The molecule has 0 aromatic heterocycles. The topological polar surface area (TPSA) is 41.3 Å². The molecular formula is C8H19N3. The van der Waals surface area contributed by atoms with Crippen molar-refractivity contribution in [3.8, 4) is 0 Å². The Bertz CT molecular complexity index is 104.